The van der Waals surface area contributed by atoms with Gasteiger partial charge in [0.1, 0.15) is 25.4 Å². The van der Waals surface area contributed by atoms with Crippen molar-refractivity contribution in [2.45, 2.75) is 160 Å². The fourth-order valence-electron chi connectivity index (χ4n) is 8.80. The molecule has 1 aromatic rings. The number of esters is 2. The van der Waals surface area contributed by atoms with Crippen LogP contribution in [-0.4, -0.2) is 115 Å². The van der Waals surface area contributed by atoms with E-state index in [4.69, 9.17) is 38.1 Å². The van der Waals surface area contributed by atoms with Crippen molar-refractivity contribution in [1.82, 2.24) is 10.1 Å². The van der Waals surface area contributed by atoms with Gasteiger partial charge >= 0.3 is 11.9 Å². The van der Waals surface area contributed by atoms with E-state index in [2.05, 4.69) is 53.5 Å². The number of aryl methyl sites for hydroxylation is 1. The molecule has 14 nitrogen and oxygen atoms in total. The first-order valence-corrected chi connectivity index (χ1v) is 20.5. The predicted molar refractivity (Wildman–Crippen MR) is 197 cm³/mol. The van der Waals surface area contributed by atoms with E-state index in [0.717, 1.165) is 5.56 Å². The number of hydrogen-bond acceptors (Lipinski definition) is 14. The Morgan fingerprint density at radius 2 is 1.09 bits per heavy atom. The Kier molecular flexibility index (Phi) is 11.9. The van der Waals surface area contributed by atoms with Gasteiger partial charge in [0.2, 0.25) is 9.84 Å². The van der Waals surface area contributed by atoms with E-state index >= 15 is 0 Å². The van der Waals surface area contributed by atoms with Crippen molar-refractivity contribution >= 4 is 21.8 Å². The van der Waals surface area contributed by atoms with Gasteiger partial charge in [0, 0.05) is 47.8 Å². The van der Waals surface area contributed by atoms with Crippen molar-refractivity contribution in [1.29, 1.82) is 0 Å². The fourth-order valence-corrected chi connectivity index (χ4v) is 9.73. The number of hydroxylamine groups is 4. The van der Waals surface area contributed by atoms with Gasteiger partial charge in [0.25, 0.3) is 0 Å². The van der Waals surface area contributed by atoms with Crippen molar-refractivity contribution in [2.75, 3.05) is 39.0 Å². The van der Waals surface area contributed by atoms with Gasteiger partial charge in [-0.05, 0) is 79.9 Å². The summed E-state index contributed by atoms with van der Waals surface area (Å²) in [6.07, 6.45) is 0.606. The normalized spacial score (nSPS) is 27.3. The Hall–Kier alpha value is -2.21. The first-order chi connectivity index (χ1) is 24.7. The summed E-state index contributed by atoms with van der Waals surface area (Å²) in [7, 11) is -3.70. The molecule has 4 saturated heterocycles. The largest absolute Gasteiger partial charge is 0.454 e. The lowest BCUT2D eigenvalue weighted by molar-refractivity contribution is -0.343. The van der Waals surface area contributed by atoms with Crippen molar-refractivity contribution < 1.29 is 56.1 Å². The van der Waals surface area contributed by atoms with E-state index in [1.807, 2.05) is 34.6 Å². The van der Waals surface area contributed by atoms with Gasteiger partial charge in [-0.3, -0.25) is 9.68 Å². The molecule has 4 heterocycles. The number of carbonyl (C=O) groups excluding carboxylic acids is 2. The second kappa shape index (κ2) is 14.9. The summed E-state index contributed by atoms with van der Waals surface area (Å²) in [6, 6.07) is 6.66. The van der Waals surface area contributed by atoms with Crippen LogP contribution >= 0.6 is 0 Å². The summed E-state index contributed by atoms with van der Waals surface area (Å²) < 4.78 is 61.8. The zero-order valence-corrected chi connectivity index (χ0v) is 35.1. The summed E-state index contributed by atoms with van der Waals surface area (Å²) in [5.41, 5.74) is -1.26. The Morgan fingerprint density at radius 1 is 0.704 bits per heavy atom. The number of ether oxygens (including phenoxy) is 6. The molecule has 1 aromatic carbocycles. The predicted octanol–water partition coefficient (Wildman–Crippen LogP) is 5.25. The molecule has 0 radical (unpaired) electrons. The van der Waals surface area contributed by atoms with Crippen molar-refractivity contribution in [3.63, 3.8) is 0 Å². The average Bonchev–Trinajstić information content (AvgIpc) is 3.57. The Balaban J connectivity index is 1.08. The molecule has 54 heavy (non-hydrogen) atoms. The summed E-state index contributed by atoms with van der Waals surface area (Å²) in [4.78, 5) is 37.9. The van der Waals surface area contributed by atoms with Crippen LogP contribution in [0.1, 0.15) is 107 Å². The fraction of sp³-hybridized carbons (Fsp3) is 0.795. The molecule has 0 aromatic heterocycles. The third-order valence-electron chi connectivity index (χ3n) is 10.1. The van der Waals surface area contributed by atoms with Crippen molar-refractivity contribution in [3.8, 4) is 0 Å². The summed E-state index contributed by atoms with van der Waals surface area (Å²) in [6.45, 7) is 24.9. The molecular formula is C39H62N2O12S. The van der Waals surface area contributed by atoms with Gasteiger partial charge in [0.15, 0.2) is 17.5 Å². The topological polar surface area (TPSA) is 149 Å². The van der Waals surface area contributed by atoms with Gasteiger partial charge in [-0.25, -0.2) is 18.0 Å². The number of carbonyl (C=O) groups is 2. The minimum atomic E-state index is -3.70. The first-order valence-electron chi connectivity index (χ1n) is 18.8. The van der Waals surface area contributed by atoms with E-state index in [9.17, 15) is 18.0 Å². The molecule has 5 rings (SSSR count). The maximum Gasteiger partial charge on any atom is 0.417 e. The Bertz CT molecular complexity index is 1600. The third kappa shape index (κ3) is 9.83. The zero-order chi connectivity index (χ0) is 40.2. The van der Waals surface area contributed by atoms with Gasteiger partial charge in [-0.2, -0.15) is 10.1 Å². The lowest BCUT2D eigenvalue weighted by Crippen LogP contribution is -2.66. The van der Waals surface area contributed by atoms with E-state index in [1.165, 1.54) is 0 Å². The summed E-state index contributed by atoms with van der Waals surface area (Å²) >= 11 is 0. The highest BCUT2D eigenvalue weighted by atomic mass is 32.2. The van der Waals surface area contributed by atoms with Crippen LogP contribution in [0.3, 0.4) is 0 Å². The molecule has 0 saturated carbocycles. The maximum atomic E-state index is 13.0. The molecule has 0 amide bonds. The molecule has 4 aliphatic rings. The average molecular weight is 783 g/mol. The van der Waals surface area contributed by atoms with E-state index < -0.39 is 73.7 Å². The van der Waals surface area contributed by atoms with E-state index in [1.54, 1.807) is 29.3 Å². The number of piperidine rings is 2. The molecule has 4 aliphatic heterocycles. The van der Waals surface area contributed by atoms with Crippen LogP contribution in [0.2, 0.25) is 0 Å². The quantitative estimate of drug-likeness (QED) is 0.225. The number of rotatable bonds is 10. The molecule has 2 spiro atoms. The van der Waals surface area contributed by atoms with E-state index in [-0.39, 0.29) is 36.7 Å². The summed E-state index contributed by atoms with van der Waals surface area (Å²) in [5.74, 6) is -4.71. The van der Waals surface area contributed by atoms with E-state index in [0.29, 0.717) is 32.3 Å². The second-order valence-electron chi connectivity index (χ2n) is 19.2. The molecule has 4 fully saturated rings. The van der Waals surface area contributed by atoms with Crippen molar-refractivity contribution in [2.24, 2.45) is 5.41 Å². The summed E-state index contributed by atoms with van der Waals surface area (Å²) in [5, 5.41) is 3.76. The standard InChI is InChI=1S/C39H62N2O12S/c1-27-13-15-30(16-14-27)54(44,45)26-51-41-36(9,10)23-39(24-37(41,11)12)49-20-29(53-39)18-47-32(43)31(42)46-17-28-19-48-38(52-28)21-34(5,6)40(35(7,8)22-38)50-25-33(2,3)4/h13-16,28-29H,17-26H2,1-12H3. The number of hydrogen-bond donors (Lipinski definition) is 0. The monoisotopic (exact) mass is 782 g/mol. The maximum absolute atomic E-state index is 13.0. The Labute approximate surface area is 321 Å². The molecular weight excluding hydrogens is 720 g/mol. The molecule has 15 heteroatoms. The highest BCUT2D eigenvalue weighted by Gasteiger charge is 2.59. The van der Waals surface area contributed by atoms with Gasteiger partial charge in [-0.15, -0.1) is 0 Å². The van der Waals surface area contributed by atoms with Crippen LogP contribution in [0.15, 0.2) is 29.2 Å². The highest BCUT2D eigenvalue weighted by molar-refractivity contribution is 7.91. The molecule has 0 bridgehead atoms. The first kappa shape index (κ1) is 42.9. The van der Waals surface area contributed by atoms with Gasteiger partial charge < -0.3 is 28.4 Å². The van der Waals surface area contributed by atoms with Gasteiger partial charge in [0.05, 0.1) is 24.7 Å². The molecule has 2 unspecified atom stereocenters. The lowest BCUT2D eigenvalue weighted by atomic mass is 9.78. The molecule has 306 valence electrons. The lowest BCUT2D eigenvalue weighted by Gasteiger charge is -2.56. The van der Waals surface area contributed by atoms with Crippen LogP contribution in [0, 0.1) is 12.3 Å². The minimum absolute atomic E-state index is 0.00105. The van der Waals surface area contributed by atoms with Crippen LogP contribution in [0.5, 0.6) is 0 Å². The number of sulfone groups is 1. The number of nitrogens with zero attached hydrogens (tertiary/aromatic N) is 2. The molecule has 2 atom stereocenters. The second-order valence-corrected chi connectivity index (χ2v) is 21.1. The van der Waals surface area contributed by atoms with Gasteiger partial charge in [-0.1, -0.05) is 38.5 Å². The SMILES string of the molecule is Cc1ccc(S(=O)(=O)CON2C(C)(C)CC3(CC2(C)C)OCC(COC(=O)C(=O)OCC2COC4(CC(C)(C)N(OCC(C)(C)C)C(C)(C)C4)O2)O3)cc1. The minimum Gasteiger partial charge on any atom is -0.454 e. The smallest absolute Gasteiger partial charge is 0.417 e. The number of benzene rings is 1. The molecule has 0 N–H and O–H groups in total. The Morgan fingerprint density at radius 3 is 1.48 bits per heavy atom. The highest BCUT2D eigenvalue weighted by Crippen LogP contribution is 2.50. The van der Waals surface area contributed by atoms with Crippen LogP contribution < -0.4 is 0 Å². The zero-order valence-electron chi connectivity index (χ0n) is 34.2. The van der Waals surface area contributed by atoms with Crippen LogP contribution in [-0.2, 0) is 57.5 Å². The molecule has 0 aliphatic carbocycles. The van der Waals surface area contributed by atoms with Crippen molar-refractivity contribution in [3.05, 3.63) is 29.8 Å². The third-order valence-corrected chi connectivity index (χ3v) is 11.6. The van der Waals surface area contributed by atoms with Crippen LogP contribution in [0.25, 0.3) is 0 Å². The van der Waals surface area contributed by atoms with Crippen LogP contribution in [0.4, 0.5) is 0 Å².